The molecule has 0 unspecified atom stereocenters. The lowest BCUT2D eigenvalue weighted by atomic mass is 9.65. The first-order valence-corrected chi connectivity index (χ1v) is 10.7. The van der Waals surface area contributed by atoms with Crippen LogP contribution in [0.4, 0.5) is 0 Å². The number of hydrogen-bond donors (Lipinski definition) is 2. The zero-order valence-electron chi connectivity index (χ0n) is 18.1. The molecule has 0 aromatic heterocycles. The molecule has 8 nitrogen and oxygen atoms in total. The quantitative estimate of drug-likeness (QED) is 0.706. The summed E-state index contributed by atoms with van der Waals surface area (Å²) in [6.45, 7) is 3.92. The maximum absolute atomic E-state index is 13.0. The van der Waals surface area contributed by atoms with Crippen LogP contribution < -0.4 is 19.5 Å². The summed E-state index contributed by atoms with van der Waals surface area (Å²) in [6, 6.07) is 7.03. The number of benzene rings is 2. The van der Waals surface area contributed by atoms with E-state index < -0.39 is 5.92 Å². The highest BCUT2D eigenvalue weighted by Crippen LogP contribution is 2.54. The smallest absolute Gasteiger partial charge is 0.310 e. The van der Waals surface area contributed by atoms with E-state index in [1.165, 1.54) is 7.11 Å². The minimum absolute atomic E-state index is 0.0663. The number of amides is 1. The van der Waals surface area contributed by atoms with Gasteiger partial charge in [-0.25, -0.2) is 0 Å². The highest BCUT2D eigenvalue weighted by atomic mass is 16.7. The van der Waals surface area contributed by atoms with Gasteiger partial charge in [0.2, 0.25) is 12.7 Å². The molecule has 0 spiro atoms. The minimum Gasteiger partial charge on any atom is -0.504 e. The molecule has 8 heteroatoms. The molecule has 2 aromatic rings. The van der Waals surface area contributed by atoms with E-state index in [0.29, 0.717) is 29.2 Å². The summed E-state index contributed by atoms with van der Waals surface area (Å²) in [6.07, 6.45) is 0.334. The lowest BCUT2D eigenvalue weighted by molar-refractivity contribution is -0.141. The monoisotopic (exact) mass is 439 g/mol. The number of esters is 1. The fourth-order valence-corrected chi connectivity index (χ4v) is 5.13. The zero-order chi connectivity index (χ0) is 22.6. The first kappa shape index (κ1) is 20.5. The number of fused-ring (bicyclic) bond motifs is 3. The number of aromatic hydroxyl groups is 1. The van der Waals surface area contributed by atoms with E-state index in [2.05, 4.69) is 5.32 Å². The van der Waals surface area contributed by atoms with Crippen molar-refractivity contribution < 1.29 is 33.6 Å². The van der Waals surface area contributed by atoms with Crippen molar-refractivity contribution in [2.24, 2.45) is 11.8 Å². The van der Waals surface area contributed by atoms with Crippen LogP contribution in [0.3, 0.4) is 0 Å². The van der Waals surface area contributed by atoms with Crippen LogP contribution in [-0.2, 0) is 14.3 Å². The first-order chi connectivity index (χ1) is 15.4. The molecule has 1 amide bonds. The molecule has 0 bridgehead atoms. The van der Waals surface area contributed by atoms with Gasteiger partial charge in [-0.3, -0.25) is 9.59 Å². The van der Waals surface area contributed by atoms with Gasteiger partial charge in [-0.05, 0) is 47.4 Å². The molecule has 2 N–H and O–H groups in total. The predicted molar refractivity (Wildman–Crippen MR) is 113 cm³/mol. The van der Waals surface area contributed by atoms with Gasteiger partial charge in [-0.1, -0.05) is 13.0 Å². The van der Waals surface area contributed by atoms with Crippen molar-refractivity contribution in [2.75, 3.05) is 20.5 Å². The highest BCUT2D eigenvalue weighted by molar-refractivity contribution is 5.80. The van der Waals surface area contributed by atoms with Crippen molar-refractivity contribution in [1.29, 1.82) is 0 Å². The largest absolute Gasteiger partial charge is 0.504 e. The van der Waals surface area contributed by atoms with E-state index in [1.54, 1.807) is 19.9 Å². The summed E-state index contributed by atoms with van der Waals surface area (Å²) < 4.78 is 22.1. The number of phenols is 1. The van der Waals surface area contributed by atoms with E-state index in [4.69, 9.17) is 18.9 Å². The molecule has 3 aliphatic rings. The molecule has 1 saturated heterocycles. The standard InChI is InChI=1S/C24H25NO7/c1-4-19(26)25-22-14-8-17-16(31-10-32-17)7-13(14)20(21-15(22)9-30-24(21)28)12-5-11(2)23(27)18(6-12)29-3/h5-8,15,20-22,27H,4,9-10H2,1-3H3,(H,25,26)/t15-,20+,21-,22+/m0/s1. The molecule has 1 fully saturated rings. The molecule has 2 aliphatic heterocycles. The number of ether oxygens (including phenoxy) is 4. The van der Waals surface area contributed by atoms with Crippen molar-refractivity contribution >= 4 is 11.9 Å². The third-order valence-corrected chi connectivity index (χ3v) is 6.69. The second kappa shape index (κ2) is 7.62. The van der Waals surface area contributed by atoms with Crippen molar-refractivity contribution in [2.45, 2.75) is 32.2 Å². The second-order valence-corrected chi connectivity index (χ2v) is 8.42. The Labute approximate surface area is 185 Å². The molecule has 0 radical (unpaired) electrons. The van der Waals surface area contributed by atoms with Crippen LogP contribution >= 0.6 is 0 Å². The van der Waals surface area contributed by atoms with Crippen molar-refractivity contribution in [3.05, 3.63) is 46.5 Å². The molecule has 1 aliphatic carbocycles. The van der Waals surface area contributed by atoms with Gasteiger partial charge >= 0.3 is 5.97 Å². The van der Waals surface area contributed by atoms with Gasteiger partial charge in [-0.15, -0.1) is 0 Å². The Kier molecular flexibility index (Phi) is 4.87. The second-order valence-electron chi connectivity index (χ2n) is 8.42. The lowest BCUT2D eigenvalue weighted by Crippen LogP contribution is -2.42. The molecular weight excluding hydrogens is 414 g/mol. The van der Waals surface area contributed by atoms with E-state index in [9.17, 15) is 14.7 Å². The average Bonchev–Trinajstić information content (AvgIpc) is 3.40. The molecule has 2 heterocycles. The summed E-state index contributed by atoms with van der Waals surface area (Å²) in [5.41, 5.74) is 3.21. The van der Waals surface area contributed by atoms with Crippen LogP contribution in [0.1, 0.15) is 47.6 Å². The third-order valence-electron chi connectivity index (χ3n) is 6.69. The molecule has 2 aromatic carbocycles. The Morgan fingerprint density at radius 1 is 1.16 bits per heavy atom. The normalized spacial score (nSPS) is 25.0. The summed E-state index contributed by atoms with van der Waals surface area (Å²) in [5.74, 6) is 0.115. The van der Waals surface area contributed by atoms with Gasteiger partial charge in [0.05, 0.1) is 25.7 Å². The highest BCUT2D eigenvalue weighted by Gasteiger charge is 2.52. The number of nitrogens with one attached hydrogen (secondary N) is 1. The summed E-state index contributed by atoms with van der Waals surface area (Å²) in [5, 5.41) is 13.4. The zero-order valence-corrected chi connectivity index (χ0v) is 18.1. The summed E-state index contributed by atoms with van der Waals surface area (Å²) in [4.78, 5) is 25.3. The van der Waals surface area contributed by atoms with Gasteiger partial charge in [0.1, 0.15) is 0 Å². The fourth-order valence-electron chi connectivity index (χ4n) is 5.13. The Balaban J connectivity index is 1.73. The van der Waals surface area contributed by atoms with Crippen LogP contribution in [0.2, 0.25) is 0 Å². The van der Waals surface area contributed by atoms with E-state index in [1.807, 2.05) is 18.2 Å². The number of carbonyl (C=O) groups is 2. The van der Waals surface area contributed by atoms with Gasteiger partial charge in [0.15, 0.2) is 23.0 Å². The molecule has 0 saturated carbocycles. The van der Waals surface area contributed by atoms with Crippen LogP contribution in [-0.4, -0.2) is 37.5 Å². The maximum Gasteiger partial charge on any atom is 0.310 e. The summed E-state index contributed by atoms with van der Waals surface area (Å²) in [7, 11) is 1.49. The molecule has 4 atom stereocenters. The summed E-state index contributed by atoms with van der Waals surface area (Å²) >= 11 is 0. The van der Waals surface area contributed by atoms with E-state index in [-0.39, 0.29) is 48.9 Å². The average molecular weight is 439 g/mol. The van der Waals surface area contributed by atoms with E-state index >= 15 is 0 Å². The Morgan fingerprint density at radius 3 is 2.56 bits per heavy atom. The Hall–Kier alpha value is -3.42. The number of phenolic OH excluding ortho intramolecular Hbond substituents is 1. The molecular formula is C24H25NO7. The van der Waals surface area contributed by atoms with Crippen LogP contribution in [0.15, 0.2) is 24.3 Å². The number of aryl methyl sites for hydroxylation is 1. The molecule has 168 valence electrons. The number of hydrogen-bond acceptors (Lipinski definition) is 7. The van der Waals surface area contributed by atoms with Gasteiger partial charge in [0.25, 0.3) is 0 Å². The Bertz CT molecular complexity index is 1110. The predicted octanol–water partition coefficient (Wildman–Crippen LogP) is 2.94. The molecule has 32 heavy (non-hydrogen) atoms. The topological polar surface area (TPSA) is 103 Å². The van der Waals surface area contributed by atoms with Crippen molar-refractivity contribution in [3.63, 3.8) is 0 Å². The van der Waals surface area contributed by atoms with Crippen LogP contribution in [0.5, 0.6) is 23.0 Å². The van der Waals surface area contributed by atoms with Gasteiger partial charge < -0.3 is 29.4 Å². The number of carbonyl (C=O) groups excluding carboxylic acids is 2. The first-order valence-electron chi connectivity index (χ1n) is 10.7. The SMILES string of the molecule is CCC(=O)N[C@@H]1c2cc3c(cc2[C@@H](c2cc(C)c(O)c(OC)c2)[C@H]2C(=O)OC[C@@H]21)OCO3. The minimum atomic E-state index is -0.501. The van der Waals surface area contributed by atoms with Crippen molar-refractivity contribution in [1.82, 2.24) is 5.32 Å². The number of rotatable bonds is 4. The van der Waals surface area contributed by atoms with Gasteiger partial charge in [0, 0.05) is 18.3 Å². The van der Waals surface area contributed by atoms with Crippen LogP contribution in [0.25, 0.3) is 0 Å². The van der Waals surface area contributed by atoms with Crippen molar-refractivity contribution in [3.8, 4) is 23.0 Å². The number of methoxy groups -OCH3 is 1. The fraction of sp³-hybridized carbons (Fsp3) is 0.417. The maximum atomic E-state index is 13.0. The number of cyclic esters (lactones) is 1. The molecule has 5 rings (SSSR count). The Morgan fingerprint density at radius 2 is 1.88 bits per heavy atom. The third kappa shape index (κ3) is 3.04. The lowest BCUT2D eigenvalue weighted by Gasteiger charge is -2.39. The van der Waals surface area contributed by atoms with Crippen LogP contribution in [0, 0.1) is 18.8 Å². The van der Waals surface area contributed by atoms with E-state index in [0.717, 1.165) is 16.7 Å². The van der Waals surface area contributed by atoms with Gasteiger partial charge in [-0.2, -0.15) is 0 Å².